The summed E-state index contributed by atoms with van der Waals surface area (Å²) in [6, 6.07) is 14.0. The van der Waals surface area contributed by atoms with E-state index in [2.05, 4.69) is 5.32 Å². The molecule has 1 unspecified atom stereocenters. The number of carbonyl (C=O) groups is 1. The van der Waals surface area contributed by atoms with Gasteiger partial charge in [-0.15, -0.1) is 0 Å². The molecule has 0 aliphatic heterocycles. The lowest BCUT2D eigenvalue weighted by Crippen LogP contribution is -2.37. The second kappa shape index (κ2) is 10.2. The molecule has 4 nitrogen and oxygen atoms in total. The molecule has 0 saturated heterocycles. The number of nitrogens with zero attached hydrogens (tertiary/aromatic N) is 1. The van der Waals surface area contributed by atoms with E-state index in [1.54, 1.807) is 30.3 Å². The fraction of sp³-hybridized carbons (Fsp3) is 0.208. The van der Waals surface area contributed by atoms with Crippen LogP contribution in [0.5, 0.6) is 0 Å². The molecule has 0 fully saturated rings. The molecule has 1 atom stereocenters. The van der Waals surface area contributed by atoms with Crippen LogP contribution in [0.15, 0.2) is 59.5 Å². The van der Waals surface area contributed by atoms with Gasteiger partial charge in [0.15, 0.2) is 15.9 Å². The Hall–Kier alpha value is -2.77. The van der Waals surface area contributed by atoms with Crippen LogP contribution in [0.25, 0.3) is 0 Å². The van der Waals surface area contributed by atoms with E-state index >= 15 is 0 Å². The van der Waals surface area contributed by atoms with Crippen LogP contribution >= 0.6 is 11.6 Å². The molecule has 1 N–H and O–H groups in total. The predicted octanol–water partition coefficient (Wildman–Crippen LogP) is 5.05. The van der Waals surface area contributed by atoms with Gasteiger partial charge in [-0.25, -0.2) is 8.78 Å². The zero-order chi connectivity index (χ0) is 23.4. The summed E-state index contributed by atoms with van der Waals surface area (Å²) in [6.45, 7) is 3.60. The van der Waals surface area contributed by atoms with Gasteiger partial charge in [-0.2, -0.15) is 4.31 Å². The minimum absolute atomic E-state index is 0.116. The van der Waals surface area contributed by atoms with Gasteiger partial charge in [0.05, 0.1) is 5.69 Å². The summed E-state index contributed by atoms with van der Waals surface area (Å²) in [5, 5.41) is 2.90. The Morgan fingerprint density at radius 2 is 1.66 bits per heavy atom. The number of hydrogen-bond donors (Lipinski definition) is 1. The molecular formula is C24H24ClF2N2O2S+. The summed E-state index contributed by atoms with van der Waals surface area (Å²) in [7, 11) is -0.722. The smallest absolute Gasteiger partial charge is 0.244 e. The standard InChI is InChI=1S/C24H23ClF2N2O2S/c1-15-9-16(2)11-19(10-15)32(31)29(14-24(30)28-3)23-8-7-18(25)12-17(23)13-20-21(26)5-4-6-22(20)27/h4-12H,13-14H2,1-3H3,(H,28,30)/p+1. The maximum atomic E-state index is 14.3. The quantitative estimate of drug-likeness (QED) is 0.382. The minimum Gasteiger partial charge on any atom is -0.357 e. The van der Waals surface area contributed by atoms with Crippen molar-refractivity contribution in [1.29, 1.82) is 0 Å². The third-order valence-electron chi connectivity index (χ3n) is 4.97. The first-order valence-electron chi connectivity index (χ1n) is 9.94. The summed E-state index contributed by atoms with van der Waals surface area (Å²) in [5.74, 6) is -1.73. The van der Waals surface area contributed by atoms with Crippen LogP contribution in [-0.4, -0.2) is 19.5 Å². The largest absolute Gasteiger partial charge is 0.357 e. The Labute approximate surface area is 193 Å². The van der Waals surface area contributed by atoms with Crippen LogP contribution in [0.1, 0.15) is 22.3 Å². The average molecular weight is 478 g/mol. The van der Waals surface area contributed by atoms with Crippen LogP contribution in [0.2, 0.25) is 5.02 Å². The highest BCUT2D eigenvalue weighted by Gasteiger charge is 2.28. The van der Waals surface area contributed by atoms with E-state index in [0.29, 0.717) is 21.2 Å². The van der Waals surface area contributed by atoms with Gasteiger partial charge in [-0.05, 0) is 73.0 Å². The normalized spacial score (nSPS) is 11.8. The van der Waals surface area contributed by atoms with E-state index in [1.807, 2.05) is 19.9 Å². The highest BCUT2D eigenvalue weighted by atomic mass is 35.5. The average Bonchev–Trinajstić information content (AvgIpc) is 2.74. The molecule has 0 aromatic heterocycles. The van der Waals surface area contributed by atoms with Crippen LogP contribution in [0, 0.1) is 25.5 Å². The Kier molecular flexibility index (Phi) is 7.64. The SMILES string of the molecule is CNC(=O)CN(c1ccc(Cl)cc1Cc1c(F)cccc1F)[SH+](=O)c1cc(C)cc(C)c1. The fourth-order valence-corrected chi connectivity index (χ4v) is 5.25. The Morgan fingerprint density at radius 1 is 1.03 bits per heavy atom. The molecule has 0 spiro atoms. The molecule has 8 heteroatoms. The Morgan fingerprint density at radius 3 is 2.25 bits per heavy atom. The van der Waals surface area contributed by atoms with Crippen LogP contribution in [-0.2, 0) is 26.4 Å². The van der Waals surface area contributed by atoms with Crippen molar-refractivity contribution in [3.8, 4) is 0 Å². The van der Waals surface area contributed by atoms with E-state index in [9.17, 15) is 17.8 Å². The monoisotopic (exact) mass is 477 g/mol. The molecule has 0 bridgehead atoms. The Bertz CT molecular complexity index is 1150. The maximum Gasteiger partial charge on any atom is 0.244 e. The number of benzene rings is 3. The minimum atomic E-state index is -2.21. The van der Waals surface area contributed by atoms with Crippen LogP contribution < -0.4 is 9.62 Å². The molecule has 0 radical (unpaired) electrons. The third kappa shape index (κ3) is 5.53. The number of anilines is 1. The van der Waals surface area contributed by atoms with Crippen molar-refractivity contribution in [2.75, 3.05) is 17.9 Å². The molecule has 3 aromatic carbocycles. The van der Waals surface area contributed by atoms with E-state index in [1.165, 1.54) is 29.6 Å². The second-order valence-corrected chi connectivity index (χ2v) is 9.48. The van der Waals surface area contributed by atoms with Gasteiger partial charge >= 0.3 is 0 Å². The first-order valence-corrected chi connectivity index (χ1v) is 11.5. The lowest BCUT2D eigenvalue weighted by Gasteiger charge is -2.21. The molecular weight excluding hydrogens is 454 g/mol. The summed E-state index contributed by atoms with van der Waals surface area (Å²) in [6.07, 6.45) is -0.116. The molecule has 3 rings (SSSR count). The lowest BCUT2D eigenvalue weighted by molar-refractivity contribution is -0.119. The summed E-state index contributed by atoms with van der Waals surface area (Å²) >= 11 is 6.18. The summed E-state index contributed by atoms with van der Waals surface area (Å²) in [5.41, 5.74) is 2.62. The number of hydrogen-bond acceptors (Lipinski definition) is 2. The van der Waals surface area contributed by atoms with Crippen molar-refractivity contribution in [1.82, 2.24) is 5.32 Å². The predicted molar refractivity (Wildman–Crippen MR) is 126 cm³/mol. The van der Waals surface area contributed by atoms with Crippen molar-refractivity contribution in [2.45, 2.75) is 25.2 Å². The summed E-state index contributed by atoms with van der Waals surface area (Å²) in [4.78, 5) is 12.8. The molecule has 3 aromatic rings. The zero-order valence-corrected chi connectivity index (χ0v) is 19.6. The van der Waals surface area contributed by atoms with E-state index < -0.39 is 22.6 Å². The van der Waals surface area contributed by atoms with Gasteiger partial charge in [0.1, 0.15) is 18.2 Å². The number of thiol groups is 1. The van der Waals surface area contributed by atoms with E-state index in [0.717, 1.165) is 11.1 Å². The molecule has 32 heavy (non-hydrogen) atoms. The van der Waals surface area contributed by atoms with Crippen molar-refractivity contribution in [2.24, 2.45) is 0 Å². The fourth-order valence-electron chi connectivity index (χ4n) is 3.50. The number of aryl methyl sites for hydroxylation is 2. The van der Waals surface area contributed by atoms with Crippen molar-refractivity contribution >= 4 is 34.2 Å². The lowest BCUT2D eigenvalue weighted by atomic mass is 10.0. The van der Waals surface area contributed by atoms with E-state index in [-0.39, 0.29) is 24.4 Å². The van der Waals surface area contributed by atoms with Crippen molar-refractivity contribution < 1.29 is 17.8 Å². The maximum absolute atomic E-state index is 14.3. The van der Waals surface area contributed by atoms with Crippen LogP contribution in [0.4, 0.5) is 14.5 Å². The van der Waals surface area contributed by atoms with Gasteiger partial charge in [0, 0.05) is 24.1 Å². The molecule has 1 amide bonds. The van der Waals surface area contributed by atoms with Crippen molar-refractivity contribution in [3.05, 3.63) is 93.5 Å². The van der Waals surface area contributed by atoms with Gasteiger partial charge in [-0.3, -0.25) is 4.79 Å². The van der Waals surface area contributed by atoms with Crippen LogP contribution in [0.3, 0.4) is 0 Å². The third-order valence-corrected chi connectivity index (χ3v) is 6.70. The molecule has 0 heterocycles. The first kappa shape index (κ1) is 23.9. The number of halogens is 3. The Balaban J connectivity index is 2.12. The van der Waals surface area contributed by atoms with Crippen molar-refractivity contribution in [3.63, 3.8) is 0 Å². The number of amides is 1. The molecule has 0 aliphatic carbocycles. The number of rotatable bonds is 7. The number of carbonyl (C=O) groups excluding carboxylic acids is 1. The topological polar surface area (TPSA) is 49.4 Å². The van der Waals surface area contributed by atoms with Gasteiger partial charge in [0.2, 0.25) is 5.91 Å². The molecule has 0 saturated carbocycles. The second-order valence-electron chi connectivity index (χ2n) is 7.50. The zero-order valence-electron chi connectivity index (χ0n) is 18.0. The molecule has 168 valence electrons. The van der Waals surface area contributed by atoms with Gasteiger partial charge in [-0.1, -0.05) is 27.9 Å². The number of nitrogens with one attached hydrogen (secondary N) is 1. The highest BCUT2D eigenvalue weighted by Crippen LogP contribution is 2.31. The van der Waals surface area contributed by atoms with E-state index in [4.69, 9.17) is 11.6 Å². The first-order chi connectivity index (χ1) is 15.2. The highest BCUT2D eigenvalue weighted by molar-refractivity contribution is 7.86. The van der Waals surface area contributed by atoms with Gasteiger partial charge < -0.3 is 5.32 Å². The van der Waals surface area contributed by atoms with Gasteiger partial charge in [0.25, 0.3) is 0 Å². The summed E-state index contributed by atoms with van der Waals surface area (Å²) < 4.78 is 43.8. The molecule has 0 aliphatic rings. The number of likely N-dealkylation sites (N-methyl/N-ethyl adjacent to an activating group) is 1.